The predicted molar refractivity (Wildman–Crippen MR) is 86.9 cm³/mol. The predicted octanol–water partition coefficient (Wildman–Crippen LogP) is 1.87. The average molecular weight is 306 g/mol. The number of benzene rings is 1. The van der Waals surface area contributed by atoms with Crippen LogP contribution in [-0.4, -0.2) is 60.5 Å². The second-order valence-electron chi connectivity index (χ2n) is 6.75. The Morgan fingerprint density at radius 1 is 1.05 bits per heavy atom. The van der Waals surface area contributed by atoms with Crippen LogP contribution in [0.15, 0.2) is 24.3 Å². The molecule has 5 nitrogen and oxygen atoms in total. The third kappa shape index (κ3) is 5.15. The van der Waals surface area contributed by atoms with Gasteiger partial charge < -0.3 is 14.9 Å². The summed E-state index contributed by atoms with van der Waals surface area (Å²) in [5.41, 5.74) is 0.958. The van der Waals surface area contributed by atoms with Crippen molar-refractivity contribution in [1.82, 2.24) is 9.80 Å². The van der Waals surface area contributed by atoms with Gasteiger partial charge in [0.05, 0.1) is 6.61 Å². The maximum absolute atomic E-state index is 12.5. The summed E-state index contributed by atoms with van der Waals surface area (Å²) in [4.78, 5) is 27.8. The van der Waals surface area contributed by atoms with Crippen molar-refractivity contribution < 1.29 is 14.7 Å². The number of aliphatic hydroxyl groups excluding tert-OH is 1. The Morgan fingerprint density at radius 2 is 1.55 bits per heavy atom. The highest BCUT2D eigenvalue weighted by Crippen LogP contribution is 2.16. The molecule has 22 heavy (non-hydrogen) atoms. The number of hydrogen-bond donors (Lipinski definition) is 1. The van der Waals surface area contributed by atoms with Gasteiger partial charge in [-0.1, -0.05) is 26.8 Å². The zero-order chi connectivity index (χ0) is 16.9. The van der Waals surface area contributed by atoms with Gasteiger partial charge in [0.1, 0.15) is 0 Å². The van der Waals surface area contributed by atoms with Crippen molar-refractivity contribution >= 4 is 11.8 Å². The van der Waals surface area contributed by atoms with Crippen LogP contribution in [0.3, 0.4) is 0 Å². The van der Waals surface area contributed by atoms with Crippen molar-refractivity contribution in [2.45, 2.75) is 20.8 Å². The molecule has 2 amide bonds. The van der Waals surface area contributed by atoms with Crippen LogP contribution in [-0.2, 0) is 0 Å². The monoisotopic (exact) mass is 306 g/mol. The van der Waals surface area contributed by atoms with Crippen molar-refractivity contribution in [3.63, 3.8) is 0 Å². The first-order valence-corrected chi connectivity index (χ1v) is 7.37. The minimum Gasteiger partial charge on any atom is -0.395 e. The van der Waals surface area contributed by atoms with Crippen molar-refractivity contribution in [3.05, 3.63) is 35.4 Å². The molecule has 5 heteroatoms. The van der Waals surface area contributed by atoms with Gasteiger partial charge in [-0.05, 0) is 23.6 Å². The molecule has 0 spiro atoms. The third-order valence-electron chi connectivity index (χ3n) is 3.20. The molecule has 0 fully saturated rings. The summed E-state index contributed by atoms with van der Waals surface area (Å²) >= 11 is 0. The summed E-state index contributed by atoms with van der Waals surface area (Å²) in [5, 5.41) is 8.90. The number of carbonyl (C=O) groups is 2. The van der Waals surface area contributed by atoms with Crippen molar-refractivity contribution in [2.24, 2.45) is 5.41 Å². The number of aliphatic hydroxyl groups is 1. The van der Waals surface area contributed by atoms with E-state index in [1.165, 1.54) is 4.90 Å². The minimum absolute atomic E-state index is 0.0131. The van der Waals surface area contributed by atoms with Crippen molar-refractivity contribution in [3.8, 4) is 0 Å². The molecule has 0 aliphatic carbocycles. The number of rotatable bonds is 5. The van der Waals surface area contributed by atoms with E-state index >= 15 is 0 Å². The second-order valence-corrected chi connectivity index (χ2v) is 6.75. The molecule has 0 aliphatic rings. The molecule has 0 unspecified atom stereocenters. The molecule has 122 valence electrons. The SMILES string of the molecule is CN(CCO)C(=O)c1cccc(C(=O)N(C)CC(C)(C)C)c1. The summed E-state index contributed by atoms with van der Waals surface area (Å²) in [6.45, 7) is 7.02. The standard InChI is InChI=1S/C17H26N2O3/c1-17(2,3)12-19(5)16(22)14-8-6-7-13(11-14)15(21)18(4)9-10-20/h6-8,11,20H,9-10,12H2,1-5H3. The van der Waals surface area contributed by atoms with Crippen LogP contribution in [0.5, 0.6) is 0 Å². The largest absolute Gasteiger partial charge is 0.395 e. The molecular weight excluding hydrogens is 280 g/mol. The van der Waals surface area contributed by atoms with Gasteiger partial charge in [-0.2, -0.15) is 0 Å². The summed E-state index contributed by atoms with van der Waals surface area (Å²) in [5.74, 6) is -0.309. The molecule has 0 heterocycles. The molecule has 0 saturated heterocycles. The van der Waals surface area contributed by atoms with Crippen molar-refractivity contribution in [2.75, 3.05) is 33.8 Å². The van der Waals surface area contributed by atoms with Gasteiger partial charge in [0.25, 0.3) is 11.8 Å². The first kappa shape index (κ1) is 18.2. The number of nitrogens with zero attached hydrogens (tertiary/aromatic N) is 2. The van der Waals surface area contributed by atoms with Crippen LogP contribution in [0.25, 0.3) is 0 Å². The van der Waals surface area contributed by atoms with Crippen LogP contribution in [0.1, 0.15) is 41.5 Å². The normalized spacial score (nSPS) is 11.2. The van der Waals surface area contributed by atoms with Crippen LogP contribution in [0, 0.1) is 5.41 Å². The number of amides is 2. The number of carbonyl (C=O) groups excluding carboxylic acids is 2. The van der Waals surface area contributed by atoms with Gasteiger partial charge in [0, 0.05) is 38.3 Å². The Bertz CT molecular complexity index is 535. The van der Waals surface area contributed by atoms with E-state index in [9.17, 15) is 9.59 Å². The molecule has 1 aromatic rings. The van der Waals surface area contributed by atoms with E-state index < -0.39 is 0 Å². The number of hydrogen-bond acceptors (Lipinski definition) is 3. The fourth-order valence-electron chi connectivity index (χ4n) is 2.26. The summed E-state index contributed by atoms with van der Waals surface area (Å²) < 4.78 is 0. The molecule has 0 aromatic heterocycles. The molecule has 0 saturated carbocycles. The maximum atomic E-state index is 12.5. The van der Waals surface area contributed by atoms with E-state index in [2.05, 4.69) is 20.8 Å². The third-order valence-corrected chi connectivity index (χ3v) is 3.20. The lowest BCUT2D eigenvalue weighted by atomic mass is 9.96. The Labute approximate surface area is 132 Å². The quantitative estimate of drug-likeness (QED) is 0.903. The van der Waals surface area contributed by atoms with Crippen LogP contribution < -0.4 is 0 Å². The molecule has 1 rings (SSSR count). The van der Waals surface area contributed by atoms with Gasteiger partial charge in [-0.3, -0.25) is 9.59 Å². The van der Waals surface area contributed by atoms with Gasteiger partial charge >= 0.3 is 0 Å². The summed E-state index contributed by atoms with van der Waals surface area (Å²) in [6, 6.07) is 6.71. The van der Waals surface area contributed by atoms with Gasteiger partial charge in [-0.15, -0.1) is 0 Å². The molecule has 0 radical (unpaired) electrons. The van der Waals surface area contributed by atoms with Crippen LogP contribution in [0.2, 0.25) is 0 Å². The molecule has 1 N–H and O–H groups in total. The lowest BCUT2D eigenvalue weighted by molar-refractivity contribution is 0.0745. The van der Waals surface area contributed by atoms with Crippen molar-refractivity contribution in [1.29, 1.82) is 0 Å². The first-order valence-electron chi connectivity index (χ1n) is 7.37. The second kappa shape index (κ2) is 7.40. The zero-order valence-electron chi connectivity index (χ0n) is 14.1. The Morgan fingerprint density at radius 3 is 2.00 bits per heavy atom. The van der Waals surface area contributed by atoms with Crippen LogP contribution in [0.4, 0.5) is 0 Å². The maximum Gasteiger partial charge on any atom is 0.253 e. The zero-order valence-corrected chi connectivity index (χ0v) is 14.1. The highest BCUT2D eigenvalue weighted by molar-refractivity contribution is 5.99. The lowest BCUT2D eigenvalue weighted by Crippen LogP contribution is -2.34. The molecule has 1 aromatic carbocycles. The van der Waals surface area contributed by atoms with Gasteiger partial charge in [-0.25, -0.2) is 0 Å². The molecule has 0 aliphatic heterocycles. The van der Waals surface area contributed by atoms with E-state index in [4.69, 9.17) is 5.11 Å². The Kier molecular flexibility index (Phi) is 6.11. The van der Waals surface area contributed by atoms with E-state index in [0.717, 1.165) is 0 Å². The molecule has 0 atom stereocenters. The highest BCUT2D eigenvalue weighted by atomic mass is 16.3. The van der Waals surface area contributed by atoms with E-state index in [-0.39, 0.29) is 30.4 Å². The van der Waals surface area contributed by atoms with Gasteiger partial charge in [0.2, 0.25) is 0 Å². The Balaban J connectivity index is 2.92. The number of likely N-dealkylation sites (N-methyl/N-ethyl adjacent to an activating group) is 1. The lowest BCUT2D eigenvalue weighted by Gasteiger charge is -2.26. The molecule has 0 bridgehead atoms. The average Bonchev–Trinajstić information content (AvgIpc) is 2.44. The molecular formula is C17H26N2O3. The fourth-order valence-corrected chi connectivity index (χ4v) is 2.26. The topological polar surface area (TPSA) is 60.9 Å². The summed E-state index contributed by atoms with van der Waals surface area (Å²) in [6.07, 6.45) is 0. The highest BCUT2D eigenvalue weighted by Gasteiger charge is 2.20. The van der Waals surface area contributed by atoms with Crippen LogP contribution >= 0.6 is 0 Å². The first-order chi connectivity index (χ1) is 10.2. The van der Waals surface area contributed by atoms with E-state index in [1.54, 1.807) is 43.3 Å². The minimum atomic E-state index is -0.206. The smallest absolute Gasteiger partial charge is 0.253 e. The Hall–Kier alpha value is -1.88. The summed E-state index contributed by atoms with van der Waals surface area (Å²) in [7, 11) is 3.39. The fraction of sp³-hybridized carbons (Fsp3) is 0.529. The van der Waals surface area contributed by atoms with E-state index in [1.807, 2.05) is 0 Å². The van der Waals surface area contributed by atoms with E-state index in [0.29, 0.717) is 17.7 Å². The van der Waals surface area contributed by atoms with Gasteiger partial charge in [0.15, 0.2) is 0 Å².